The van der Waals surface area contributed by atoms with Gasteiger partial charge in [-0.05, 0) is 42.5 Å². The average Bonchev–Trinajstić information content (AvgIpc) is 2.43. The van der Waals surface area contributed by atoms with Crippen LogP contribution in [0.25, 0.3) is 0 Å². The highest BCUT2D eigenvalue weighted by Gasteiger charge is 2.07. The number of hydrogen-bond donors (Lipinski definition) is 2. The van der Waals surface area contributed by atoms with E-state index in [1.807, 2.05) is 30.3 Å². The summed E-state index contributed by atoms with van der Waals surface area (Å²) in [7, 11) is 0. The lowest BCUT2D eigenvalue weighted by atomic mass is 10.3. The highest BCUT2D eigenvalue weighted by atomic mass is 79.9. The normalized spacial score (nSPS) is 12.1. The van der Waals surface area contributed by atoms with E-state index in [0.29, 0.717) is 11.5 Å². The summed E-state index contributed by atoms with van der Waals surface area (Å²) < 4.78 is 7.41. The molecule has 1 unspecified atom stereocenters. The van der Waals surface area contributed by atoms with Gasteiger partial charge in [-0.1, -0.05) is 31.9 Å². The van der Waals surface area contributed by atoms with Crippen LogP contribution < -0.4 is 4.74 Å². The molecular weight excluding hydrogens is 420 g/mol. The monoisotopic (exact) mass is 432 g/mol. The van der Waals surface area contributed by atoms with Gasteiger partial charge in [-0.25, -0.2) is 0 Å². The summed E-state index contributed by atoms with van der Waals surface area (Å²) in [5.74, 6) is 1.47. The Labute approximate surface area is 144 Å². The Kier molecular flexibility index (Phi) is 6.41. The zero-order valence-corrected chi connectivity index (χ0v) is 15.0. The van der Waals surface area contributed by atoms with E-state index in [1.54, 1.807) is 12.1 Å². The highest BCUT2D eigenvalue weighted by Crippen LogP contribution is 2.25. The van der Waals surface area contributed by atoms with E-state index in [1.165, 1.54) is 11.8 Å². The number of aliphatic hydroxyl groups excluding tert-OH is 1. The maximum Gasteiger partial charge on any atom is 0.121 e. The average molecular weight is 434 g/mol. The molecule has 0 saturated carbocycles. The molecular formula is C15H14Br2O3S. The summed E-state index contributed by atoms with van der Waals surface area (Å²) in [5, 5.41) is 19.1. The number of benzene rings is 2. The first-order valence-electron chi connectivity index (χ1n) is 6.22. The molecule has 2 rings (SSSR count). The Balaban J connectivity index is 1.79. The standard InChI is InChI=1S/C15H14Br2O3S/c16-10-5-11(17)7-14(6-10)20-8-13(19)9-21-15-3-1-12(18)2-4-15/h1-7,13,18-19H,8-9H2. The highest BCUT2D eigenvalue weighted by molar-refractivity contribution is 9.11. The van der Waals surface area contributed by atoms with Crippen LogP contribution in [0.3, 0.4) is 0 Å². The summed E-state index contributed by atoms with van der Waals surface area (Å²) in [6, 6.07) is 12.5. The SMILES string of the molecule is Oc1ccc(SCC(O)COc2cc(Br)cc(Br)c2)cc1. The van der Waals surface area contributed by atoms with E-state index in [0.717, 1.165) is 13.8 Å². The van der Waals surface area contributed by atoms with Crippen LogP contribution in [0.1, 0.15) is 0 Å². The number of halogens is 2. The molecule has 0 radical (unpaired) electrons. The number of hydrogen-bond acceptors (Lipinski definition) is 4. The number of aliphatic hydroxyl groups is 1. The third-order valence-corrected chi connectivity index (χ3v) is 4.63. The largest absolute Gasteiger partial charge is 0.508 e. The smallest absolute Gasteiger partial charge is 0.121 e. The second-order valence-corrected chi connectivity index (χ2v) is 7.30. The molecule has 0 fully saturated rings. The van der Waals surface area contributed by atoms with Crippen LogP contribution in [0, 0.1) is 0 Å². The molecule has 0 saturated heterocycles. The summed E-state index contributed by atoms with van der Waals surface area (Å²) in [6.07, 6.45) is -0.568. The minimum atomic E-state index is -0.568. The lowest BCUT2D eigenvalue weighted by Crippen LogP contribution is -2.20. The van der Waals surface area contributed by atoms with Crippen LogP contribution in [-0.4, -0.2) is 28.7 Å². The van der Waals surface area contributed by atoms with E-state index in [9.17, 15) is 10.2 Å². The third kappa shape index (κ3) is 5.90. The quantitative estimate of drug-likeness (QED) is 0.660. The topological polar surface area (TPSA) is 49.7 Å². The minimum absolute atomic E-state index is 0.230. The van der Waals surface area contributed by atoms with E-state index < -0.39 is 6.10 Å². The fourth-order valence-corrected chi connectivity index (χ4v) is 3.65. The number of ether oxygens (including phenoxy) is 1. The van der Waals surface area contributed by atoms with Gasteiger partial charge in [0.15, 0.2) is 0 Å². The van der Waals surface area contributed by atoms with Gasteiger partial charge in [-0.3, -0.25) is 0 Å². The molecule has 2 aromatic rings. The molecule has 0 heterocycles. The van der Waals surface area contributed by atoms with Crippen molar-refractivity contribution >= 4 is 43.6 Å². The number of phenolic OH excluding ortho intramolecular Hbond substituents is 1. The van der Waals surface area contributed by atoms with Crippen molar-refractivity contribution in [2.45, 2.75) is 11.0 Å². The van der Waals surface area contributed by atoms with Gasteiger partial charge in [0.05, 0.1) is 6.10 Å². The van der Waals surface area contributed by atoms with Gasteiger partial charge in [0.25, 0.3) is 0 Å². The molecule has 2 aromatic carbocycles. The summed E-state index contributed by atoms with van der Waals surface area (Å²) >= 11 is 8.30. The molecule has 6 heteroatoms. The summed E-state index contributed by atoms with van der Waals surface area (Å²) in [5.41, 5.74) is 0. The molecule has 112 valence electrons. The molecule has 0 aliphatic rings. The fourth-order valence-electron chi connectivity index (χ4n) is 1.59. The second-order valence-electron chi connectivity index (χ2n) is 4.37. The number of thioether (sulfide) groups is 1. The van der Waals surface area contributed by atoms with Crippen molar-refractivity contribution in [2.75, 3.05) is 12.4 Å². The Hall–Kier alpha value is -0.690. The van der Waals surface area contributed by atoms with Crippen molar-refractivity contribution in [2.24, 2.45) is 0 Å². The van der Waals surface area contributed by atoms with Gasteiger partial charge in [0, 0.05) is 19.6 Å². The first kappa shape index (κ1) is 16.7. The van der Waals surface area contributed by atoms with E-state index in [4.69, 9.17) is 4.74 Å². The van der Waals surface area contributed by atoms with E-state index in [-0.39, 0.29) is 12.4 Å². The van der Waals surface area contributed by atoms with Crippen molar-refractivity contribution in [3.05, 3.63) is 51.4 Å². The number of aromatic hydroxyl groups is 1. The molecule has 1 atom stereocenters. The number of rotatable bonds is 6. The van der Waals surface area contributed by atoms with Crippen molar-refractivity contribution in [3.8, 4) is 11.5 Å². The van der Waals surface area contributed by atoms with Crippen molar-refractivity contribution in [3.63, 3.8) is 0 Å². The maximum atomic E-state index is 9.95. The third-order valence-electron chi connectivity index (χ3n) is 2.56. The van der Waals surface area contributed by atoms with Crippen molar-refractivity contribution in [1.82, 2.24) is 0 Å². The van der Waals surface area contributed by atoms with Crippen LogP contribution in [0.5, 0.6) is 11.5 Å². The van der Waals surface area contributed by atoms with E-state index >= 15 is 0 Å². The fraction of sp³-hybridized carbons (Fsp3) is 0.200. The second kappa shape index (κ2) is 8.08. The molecule has 0 aromatic heterocycles. The zero-order chi connectivity index (χ0) is 15.2. The summed E-state index contributed by atoms with van der Waals surface area (Å²) in [6.45, 7) is 0.230. The molecule has 2 N–H and O–H groups in total. The van der Waals surface area contributed by atoms with Crippen LogP contribution in [-0.2, 0) is 0 Å². The first-order valence-corrected chi connectivity index (χ1v) is 8.79. The van der Waals surface area contributed by atoms with E-state index in [2.05, 4.69) is 31.9 Å². The number of phenols is 1. The Morgan fingerprint density at radius 3 is 2.29 bits per heavy atom. The molecule has 3 nitrogen and oxygen atoms in total. The molecule has 21 heavy (non-hydrogen) atoms. The van der Waals surface area contributed by atoms with Gasteiger partial charge in [0.1, 0.15) is 18.1 Å². The van der Waals surface area contributed by atoms with Crippen LogP contribution in [0.15, 0.2) is 56.3 Å². The lowest BCUT2D eigenvalue weighted by Gasteiger charge is -2.12. The maximum absolute atomic E-state index is 9.95. The van der Waals surface area contributed by atoms with Crippen molar-refractivity contribution in [1.29, 1.82) is 0 Å². The minimum Gasteiger partial charge on any atom is -0.508 e. The van der Waals surface area contributed by atoms with Gasteiger partial charge in [-0.2, -0.15) is 0 Å². The van der Waals surface area contributed by atoms with Gasteiger partial charge < -0.3 is 14.9 Å². The predicted molar refractivity (Wildman–Crippen MR) is 92.2 cm³/mol. The van der Waals surface area contributed by atoms with Gasteiger partial charge in [-0.15, -0.1) is 11.8 Å². The van der Waals surface area contributed by atoms with Crippen LogP contribution >= 0.6 is 43.6 Å². The summed E-state index contributed by atoms with van der Waals surface area (Å²) in [4.78, 5) is 0.997. The molecule has 0 amide bonds. The molecule has 0 aliphatic carbocycles. The van der Waals surface area contributed by atoms with Crippen molar-refractivity contribution < 1.29 is 14.9 Å². The lowest BCUT2D eigenvalue weighted by molar-refractivity contribution is 0.126. The Bertz CT molecular complexity index is 570. The molecule has 0 bridgehead atoms. The molecule has 0 spiro atoms. The van der Waals surface area contributed by atoms with Crippen LogP contribution in [0.2, 0.25) is 0 Å². The Morgan fingerprint density at radius 2 is 1.67 bits per heavy atom. The molecule has 0 aliphatic heterocycles. The van der Waals surface area contributed by atoms with Crippen LogP contribution in [0.4, 0.5) is 0 Å². The zero-order valence-electron chi connectivity index (χ0n) is 11.0. The van der Waals surface area contributed by atoms with Gasteiger partial charge in [0.2, 0.25) is 0 Å². The predicted octanol–water partition coefficient (Wildman–Crippen LogP) is 4.45. The van der Waals surface area contributed by atoms with Gasteiger partial charge >= 0.3 is 0 Å². The first-order chi connectivity index (χ1) is 10.0. The Morgan fingerprint density at radius 1 is 1.05 bits per heavy atom.